The number of rotatable bonds is 6. The summed E-state index contributed by atoms with van der Waals surface area (Å²) in [5.41, 5.74) is 0.922. The monoisotopic (exact) mass is 326 g/mol. The van der Waals surface area contributed by atoms with E-state index in [2.05, 4.69) is 22.9 Å². The largest absolute Gasteiger partial charge is 0.490 e. The van der Waals surface area contributed by atoms with Gasteiger partial charge in [0.15, 0.2) is 0 Å². The van der Waals surface area contributed by atoms with Gasteiger partial charge in [-0.25, -0.2) is 0 Å². The van der Waals surface area contributed by atoms with Crippen LogP contribution in [0.15, 0.2) is 22.7 Å². The van der Waals surface area contributed by atoms with Gasteiger partial charge < -0.3 is 9.84 Å². The van der Waals surface area contributed by atoms with Crippen molar-refractivity contribution in [3.8, 4) is 5.75 Å². The summed E-state index contributed by atoms with van der Waals surface area (Å²) in [6, 6.07) is 5.86. The van der Waals surface area contributed by atoms with E-state index in [1.165, 1.54) is 32.1 Å². The van der Waals surface area contributed by atoms with Crippen molar-refractivity contribution in [1.82, 2.24) is 0 Å². The highest BCUT2D eigenvalue weighted by Gasteiger charge is 2.26. The molecule has 0 spiro atoms. The van der Waals surface area contributed by atoms with Gasteiger partial charge in [0.25, 0.3) is 0 Å². The third kappa shape index (κ3) is 4.22. The first kappa shape index (κ1) is 14.9. The standard InChI is InChI=1S/C16H23BrO2/c1-2-3-4-5-6-7-13-11-15(18)14-9-8-12(17)10-16(14)19-13/h8-10,13,15,18H,2-7,11H2,1H3. The van der Waals surface area contributed by atoms with E-state index in [-0.39, 0.29) is 12.2 Å². The fourth-order valence-electron chi connectivity index (χ4n) is 2.64. The second-order valence-electron chi connectivity index (χ2n) is 5.38. The highest BCUT2D eigenvalue weighted by atomic mass is 79.9. The van der Waals surface area contributed by atoms with E-state index in [0.29, 0.717) is 0 Å². The zero-order valence-corrected chi connectivity index (χ0v) is 13.2. The number of aliphatic hydroxyl groups excluding tert-OH is 1. The normalized spacial score (nSPS) is 21.8. The Morgan fingerprint density at radius 2 is 2.05 bits per heavy atom. The lowest BCUT2D eigenvalue weighted by atomic mass is 9.96. The lowest BCUT2D eigenvalue weighted by Gasteiger charge is -2.29. The van der Waals surface area contributed by atoms with E-state index < -0.39 is 0 Å². The van der Waals surface area contributed by atoms with Crippen LogP contribution in [-0.2, 0) is 0 Å². The Hall–Kier alpha value is -0.540. The maximum absolute atomic E-state index is 10.2. The van der Waals surface area contributed by atoms with Crippen LogP contribution >= 0.6 is 15.9 Å². The van der Waals surface area contributed by atoms with Crippen LogP contribution in [0.1, 0.15) is 63.5 Å². The molecule has 1 N–H and O–H groups in total. The molecule has 19 heavy (non-hydrogen) atoms. The average Bonchev–Trinajstić information content (AvgIpc) is 2.38. The van der Waals surface area contributed by atoms with Crippen molar-refractivity contribution in [2.24, 2.45) is 0 Å². The van der Waals surface area contributed by atoms with Crippen LogP contribution in [0.25, 0.3) is 0 Å². The summed E-state index contributed by atoms with van der Waals surface area (Å²) < 4.78 is 7.00. The molecular weight excluding hydrogens is 304 g/mol. The molecule has 106 valence electrons. The topological polar surface area (TPSA) is 29.5 Å². The first-order valence-electron chi connectivity index (χ1n) is 7.35. The van der Waals surface area contributed by atoms with Crippen molar-refractivity contribution >= 4 is 15.9 Å². The predicted octanol–water partition coefficient (Wildman–Crippen LogP) is 4.99. The quantitative estimate of drug-likeness (QED) is 0.746. The van der Waals surface area contributed by atoms with Gasteiger partial charge in [-0.3, -0.25) is 0 Å². The Balaban J connectivity index is 1.86. The average molecular weight is 327 g/mol. The van der Waals surface area contributed by atoms with Crippen LogP contribution in [0.3, 0.4) is 0 Å². The van der Waals surface area contributed by atoms with Gasteiger partial charge in [-0.2, -0.15) is 0 Å². The SMILES string of the molecule is CCCCCCCC1CC(O)c2ccc(Br)cc2O1. The highest BCUT2D eigenvalue weighted by molar-refractivity contribution is 9.10. The molecule has 0 fully saturated rings. The van der Waals surface area contributed by atoms with Gasteiger partial charge in [0, 0.05) is 16.5 Å². The van der Waals surface area contributed by atoms with E-state index in [1.54, 1.807) is 0 Å². The number of unbranched alkanes of at least 4 members (excludes halogenated alkanes) is 4. The molecule has 1 aromatic carbocycles. The molecule has 1 heterocycles. The van der Waals surface area contributed by atoms with Gasteiger partial charge in [0.1, 0.15) is 11.9 Å². The number of aliphatic hydroxyl groups is 1. The Morgan fingerprint density at radius 3 is 2.84 bits per heavy atom. The lowest BCUT2D eigenvalue weighted by molar-refractivity contribution is 0.0604. The Labute approximate surface area is 124 Å². The summed E-state index contributed by atoms with van der Waals surface area (Å²) in [5.74, 6) is 0.840. The third-order valence-corrected chi connectivity index (χ3v) is 4.24. The first-order valence-corrected chi connectivity index (χ1v) is 8.14. The minimum Gasteiger partial charge on any atom is -0.490 e. The van der Waals surface area contributed by atoms with Crippen molar-refractivity contribution in [3.63, 3.8) is 0 Å². The molecule has 0 radical (unpaired) electrons. The van der Waals surface area contributed by atoms with Gasteiger partial charge in [-0.15, -0.1) is 0 Å². The van der Waals surface area contributed by atoms with Crippen molar-refractivity contribution < 1.29 is 9.84 Å². The summed E-state index contributed by atoms with van der Waals surface area (Å²) >= 11 is 3.45. The molecule has 0 aliphatic carbocycles. The molecule has 0 aromatic heterocycles. The number of hydrogen-bond donors (Lipinski definition) is 1. The van der Waals surface area contributed by atoms with E-state index >= 15 is 0 Å². The minimum atomic E-state index is -0.377. The predicted molar refractivity (Wildman–Crippen MR) is 81.5 cm³/mol. The van der Waals surface area contributed by atoms with E-state index in [9.17, 15) is 5.11 Å². The second-order valence-corrected chi connectivity index (χ2v) is 6.29. The van der Waals surface area contributed by atoms with Crippen LogP contribution in [0.5, 0.6) is 5.75 Å². The fourth-order valence-corrected chi connectivity index (χ4v) is 2.98. The maximum atomic E-state index is 10.2. The number of halogens is 1. The molecular formula is C16H23BrO2. The Kier molecular flexibility index (Phi) is 5.71. The number of fused-ring (bicyclic) bond motifs is 1. The molecule has 0 bridgehead atoms. The molecule has 2 atom stereocenters. The smallest absolute Gasteiger partial charge is 0.126 e. The van der Waals surface area contributed by atoms with E-state index in [4.69, 9.17) is 4.74 Å². The summed E-state index contributed by atoms with van der Waals surface area (Å²) in [6.07, 6.45) is 7.94. The fraction of sp³-hybridized carbons (Fsp3) is 0.625. The summed E-state index contributed by atoms with van der Waals surface area (Å²) in [4.78, 5) is 0. The molecule has 1 aliphatic heterocycles. The summed E-state index contributed by atoms with van der Waals surface area (Å²) in [6.45, 7) is 2.23. The van der Waals surface area contributed by atoms with Gasteiger partial charge in [0.05, 0.1) is 6.10 Å². The third-order valence-electron chi connectivity index (χ3n) is 3.74. The zero-order chi connectivity index (χ0) is 13.7. The molecule has 2 nitrogen and oxygen atoms in total. The lowest BCUT2D eigenvalue weighted by Crippen LogP contribution is -2.25. The number of ether oxygens (including phenoxy) is 1. The van der Waals surface area contributed by atoms with Gasteiger partial charge in [-0.1, -0.05) is 54.6 Å². The molecule has 0 amide bonds. The van der Waals surface area contributed by atoms with Crippen molar-refractivity contribution in [2.75, 3.05) is 0 Å². The van der Waals surface area contributed by atoms with Crippen LogP contribution in [0.2, 0.25) is 0 Å². The number of benzene rings is 1. The van der Waals surface area contributed by atoms with Crippen LogP contribution < -0.4 is 4.74 Å². The van der Waals surface area contributed by atoms with Crippen LogP contribution in [0.4, 0.5) is 0 Å². The summed E-state index contributed by atoms with van der Waals surface area (Å²) in [5, 5.41) is 10.2. The van der Waals surface area contributed by atoms with Crippen molar-refractivity contribution in [1.29, 1.82) is 0 Å². The molecule has 2 unspecified atom stereocenters. The van der Waals surface area contributed by atoms with Crippen LogP contribution in [-0.4, -0.2) is 11.2 Å². The Morgan fingerprint density at radius 1 is 1.26 bits per heavy atom. The number of hydrogen-bond acceptors (Lipinski definition) is 2. The summed E-state index contributed by atoms with van der Waals surface area (Å²) in [7, 11) is 0. The van der Waals surface area contributed by atoms with Gasteiger partial charge in [-0.05, 0) is 25.0 Å². The van der Waals surface area contributed by atoms with Gasteiger partial charge in [0.2, 0.25) is 0 Å². The zero-order valence-electron chi connectivity index (χ0n) is 11.6. The molecule has 1 aromatic rings. The molecule has 1 aliphatic rings. The maximum Gasteiger partial charge on any atom is 0.126 e. The Bertz CT molecular complexity index is 406. The van der Waals surface area contributed by atoms with Crippen LogP contribution in [0, 0.1) is 0 Å². The van der Waals surface area contributed by atoms with E-state index in [1.807, 2.05) is 18.2 Å². The molecule has 0 saturated carbocycles. The second kappa shape index (κ2) is 7.30. The molecule has 2 rings (SSSR count). The molecule has 0 saturated heterocycles. The van der Waals surface area contributed by atoms with Gasteiger partial charge >= 0.3 is 0 Å². The van der Waals surface area contributed by atoms with Crippen molar-refractivity contribution in [2.45, 2.75) is 64.1 Å². The minimum absolute atomic E-state index is 0.165. The first-order chi connectivity index (χ1) is 9.20. The molecule has 3 heteroatoms. The van der Waals surface area contributed by atoms with E-state index in [0.717, 1.165) is 28.6 Å². The van der Waals surface area contributed by atoms with Crippen molar-refractivity contribution in [3.05, 3.63) is 28.2 Å². The highest BCUT2D eigenvalue weighted by Crippen LogP contribution is 2.37.